The van der Waals surface area contributed by atoms with E-state index in [-0.39, 0.29) is 23.3 Å². The van der Waals surface area contributed by atoms with E-state index in [0.29, 0.717) is 18.1 Å². The highest BCUT2D eigenvalue weighted by atomic mass is 32.2. The maximum atomic E-state index is 12.2. The van der Waals surface area contributed by atoms with Crippen molar-refractivity contribution in [2.24, 2.45) is 0 Å². The number of benzene rings is 1. The molecule has 1 N–H and O–H groups in total. The molecule has 0 fully saturated rings. The Morgan fingerprint density at radius 3 is 2.63 bits per heavy atom. The van der Waals surface area contributed by atoms with Crippen LogP contribution in [-0.4, -0.2) is 30.7 Å². The van der Waals surface area contributed by atoms with Gasteiger partial charge in [0.15, 0.2) is 9.84 Å². The molecule has 0 aliphatic heterocycles. The molecule has 0 aliphatic rings. The Hall–Kier alpha value is -2.52. The molecule has 0 bridgehead atoms. The molecule has 0 saturated heterocycles. The van der Waals surface area contributed by atoms with Crippen LogP contribution in [0.15, 0.2) is 51.2 Å². The molecule has 142 valence electrons. The number of rotatable bonds is 7. The molecule has 0 spiro atoms. The smallest absolute Gasteiger partial charge is 0.227 e. The Bertz CT molecular complexity index is 1010. The number of aromatic nitrogens is 2. The lowest BCUT2D eigenvalue weighted by Gasteiger charge is -2.14. The SMILES string of the molecule is CC(NC(=O)CCc1nc(-c2cccs2)no1)c1ccc(S(C)(=O)=O)cc1. The number of hydrogen-bond acceptors (Lipinski definition) is 7. The highest BCUT2D eigenvalue weighted by molar-refractivity contribution is 7.90. The van der Waals surface area contributed by atoms with Crippen LogP contribution in [0.4, 0.5) is 0 Å². The van der Waals surface area contributed by atoms with E-state index in [2.05, 4.69) is 15.5 Å². The van der Waals surface area contributed by atoms with Gasteiger partial charge in [-0.15, -0.1) is 11.3 Å². The fraction of sp³-hybridized carbons (Fsp3) is 0.278. The lowest BCUT2D eigenvalue weighted by molar-refractivity contribution is -0.121. The van der Waals surface area contributed by atoms with Gasteiger partial charge >= 0.3 is 0 Å². The zero-order chi connectivity index (χ0) is 19.4. The summed E-state index contributed by atoms with van der Waals surface area (Å²) in [6, 6.07) is 10.1. The van der Waals surface area contributed by atoms with Crippen LogP contribution in [0.1, 0.15) is 30.8 Å². The van der Waals surface area contributed by atoms with Crippen molar-refractivity contribution >= 4 is 27.1 Å². The highest BCUT2D eigenvalue weighted by Crippen LogP contribution is 2.21. The minimum absolute atomic E-state index is 0.148. The Morgan fingerprint density at radius 2 is 2.00 bits per heavy atom. The van der Waals surface area contributed by atoms with Crippen molar-refractivity contribution in [2.75, 3.05) is 6.26 Å². The van der Waals surface area contributed by atoms with Crippen molar-refractivity contribution in [1.29, 1.82) is 0 Å². The van der Waals surface area contributed by atoms with Crippen LogP contribution in [0.2, 0.25) is 0 Å². The molecule has 1 atom stereocenters. The minimum atomic E-state index is -3.23. The Morgan fingerprint density at radius 1 is 1.26 bits per heavy atom. The van der Waals surface area contributed by atoms with Crippen molar-refractivity contribution < 1.29 is 17.7 Å². The lowest BCUT2D eigenvalue weighted by Crippen LogP contribution is -2.26. The van der Waals surface area contributed by atoms with E-state index in [1.807, 2.05) is 24.4 Å². The molecule has 0 saturated carbocycles. The van der Waals surface area contributed by atoms with Crippen molar-refractivity contribution in [1.82, 2.24) is 15.5 Å². The van der Waals surface area contributed by atoms with Gasteiger partial charge in [0.1, 0.15) is 0 Å². The molecular formula is C18H19N3O4S2. The molecular weight excluding hydrogens is 386 g/mol. The summed E-state index contributed by atoms with van der Waals surface area (Å²) in [6.45, 7) is 1.84. The summed E-state index contributed by atoms with van der Waals surface area (Å²) >= 11 is 1.52. The summed E-state index contributed by atoms with van der Waals surface area (Å²) in [5.74, 6) is 0.795. The molecule has 0 aliphatic carbocycles. The van der Waals surface area contributed by atoms with E-state index < -0.39 is 9.84 Å². The average molecular weight is 406 g/mol. The second-order valence-electron chi connectivity index (χ2n) is 6.12. The number of nitrogens with zero attached hydrogens (tertiary/aromatic N) is 2. The van der Waals surface area contributed by atoms with Gasteiger partial charge in [-0.1, -0.05) is 23.4 Å². The summed E-state index contributed by atoms with van der Waals surface area (Å²) in [6.07, 6.45) is 1.73. The van der Waals surface area contributed by atoms with E-state index in [1.165, 1.54) is 23.5 Å². The highest BCUT2D eigenvalue weighted by Gasteiger charge is 2.14. The van der Waals surface area contributed by atoms with Gasteiger partial charge in [0.25, 0.3) is 0 Å². The second kappa shape index (κ2) is 8.01. The van der Waals surface area contributed by atoms with Crippen LogP contribution in [0.3, 0.4) is 0 Å². The molecule has 1 unspecified atom stereocenters. The predicted octanol–water partition coefficient (Wildman–Crippen LogP) is 3.01. The van der Waals surface area contributed by atoms with Gasteiger partial charge in [-0.05, 0) is 36.1 Å². The second-order valence-corrected chi connectivity index (χ2v) is 9.08. The van der Waals surface area contributed by atoms with Gasteiger partial charge in [-0.2, -0.15) is 4.98 Å². The maximum Gasteiger partial charge on any atom is 0.227 e. The van der Waals surface area contributed by atoms with Gasteiger partial charge < -0.3 is 9.84 Å². The molecule has 0 radical (unpaired) electrons. The van der Waals surface area contributed by atoms with Crippen LogP contribution in [0.5, 0.6) is 0 Å². The third-order valence-electron chi connectivity index (χ3n) is 3.96. The fourth-order valence-corrected chi connectivity index (χ4v) is 3.76. The first-order chi connectivity index (χ1) is 12.8. The van der Waals surface area contributed by atoms with Crippen molar-refractivity contribution in [3.63, 3.8) is 0 Å². The fourth-order valence-electron chi connectivity index (χ4n) is 2.48. The van der Waals surface area contributed by atoms with Gasteiger partial charge in [0.2, 0.25) is 17.6 Å². The van der Waals surface area contributed by atoms with E-state index in [9.17, 15) is 13.2 Å². The first-order valence-electron chi connectivity index (χ1n) is 8.29. The molecule has 9 heteroatoms. The first kappa shape index (κ1) is 19.2. The van der Waals surface area contributed by atoms with Crippen molar-refractivity contribution in [3.05, 3.63) is 53.2 Å². The van der Waals surface area contributed by atoms with Gasteiger partial charge in [-0.3, -0.25) is 4.79 Å². The Kier molecular flexibility index (Phi) is 5.71. The van der Waals surface area contributed by atoms with Crippen LogP contribution in [-0.2, 0) is 21.1 Å². The zero-order valence-corrected chi connectivity index (χ0v) is 16.5. The summed E-state index contributed by atoms with van der Waals surface area (Å²) in [4.78, 5) is 17.6. The van der Waals surface area contributed by atoms with E-state index >= 15 is 0 Å². The third-order valence-corrected chi connectivity index (χ3v) is 5.96. The first-order valence-corrected chi connectivity index (χ1v) is 11.1. The van der Waals surface area contributed by atoms with E-state index in [0.717, 1.165) is 16.7 Å². The van der Waals surface area contributed by atoms with Crippen LogP contribution in [0.25, 0.3) is 10.7 Å². The topological polar surface area (TPSA) is 102 Å². The molecule has 7 nitrogen and oxygen atoms in total. The van der Waals surface area contributed by atoms with Crippen LogP contribution >= 0.6 is 11.3 Å². The minimum Gasteiger partial charge on any atom is -0.350 e. The molecule has 2 heterocycles. The number of carbonyl (C=O) groups is 1. The normalized spacial score (nSPS) is 12.7. The molecule has 3 aromatic rings. The lowest BCUT2D eigenvalue weighted by atomic mass is 10.1. The maximum absolute atomic E-state index is 12.2. The Labute approximate surface area is 161 Å². The predicted molar refractivity (Wildman–Crippen MR) is 102 cm³/mol. The van der Waals surface area contributed by atoms with Gasteiger partial charge in [0.05, 0.1) is 15.8 Å². The zero-order valence-electron chi connectivity index (χ0n) is 14.9. The van der Waals surface area contributed by atoms with Crippen LogP contribution < -0.4 is 5.32 Å². The van der Waals surface area contributed by atoms with Crippen molar-refractivity contribution in [3.8, 4) is 10.7 Å². The number of carbonyl (C=O) groups excluding carboxylic acids is 1. The molecule has 1 aromatic carbocycles. The quantitative estimate of drug-likeness (QED) is 0.648. The summed E-state index contributed by atoms with van der Waals surface area (Å²) in [7, 11) is -3.23. The standard InChI is InChI=1S/C18H19N3O4S2/c1-12(13-5-7-14(8-6-13)27(2,23)24)19-16(22)9-10-17-20-18(21-25-17)15-4-3-11-26-15/h3-8,11-12H,9-10H2,1-2H3,(H,19,22). The largest absolute Gasteiger partial charge is 0.350 e. The monoisotopic (exact) mass is 405 g/mol. The molecule has 3 rings (SSSR count). The van der Waals surface area contributed by atoms with Gasteiger partial charge in [0, 0.05) is 19.1 Å². The third kappa shape index (κ3) is 5.01. The summed E-state index contributed by atoms with van der Waals surface area (Å²) in [5.41, 5.74) is 0.827. The number of hydrogen-bond donors (Lipinski definition) is 1. The number of aryl methyl sites for hydroxylation is 1. The van der Waals surface area contributed by atoms with Crippen LogP contribution in [0, 0.1) is 0 Å². The summed E-state index contributed by atoms with van der Waals surface area (Å²) < 4.78 is 28.2. The molecule has 1 amide bonds. The number of amides is 1. The summed E-state index contributed by atoms with van der Waals surface area (Å²) in [5, 5.41) is 8.73. The molecule has 27 heavy (non-hydrogen) atoms. The average Bonchev–Trinajstić information content (AvgIpc) is 3.30. The number of nitrogens with one attached hydrogen (secondary N) is 1. The Balaban J connectivity index is 1.53. The number of sulfone groups is 1. The van der Waals surface area contributed by atoms with Gasteiger partial charge in [-0.25, -0.2) is 8.42 Å². The van der Waals surface area contributed by atoms with E-state index in [4.69, 9.17) is 4.52 Å². The van der Waals surface area contributed by atoms with E-state index in [1.54, 1.807) is 12.1 Å². The van der Waals surface area contributed by atoms with Crippen molar-refractivity contribution in [2.45, 2.75) is 30.7 Å². The number of thiophene rings is 1. The molecule has 2 aromatic heterocycles.